The second-order valence-electron chi connectivity index (χ2n) is 5.65. The number of piperidine rings is 1. The number of hydrogen-bond donors (Lipinski definition) is 0. The average molecular weight is 333 g/mol. The molecule has 5 nitrogen and oxygen atoms in total. The van der Waals surface area contributed by atoms with E-state index in [1.165, 1.54) is 4.90 Å². The number of rotatable bonds is 4. The van der Waals surface area contributed by atoms with E-state index in [9.17, 15) is 13.6 Å². The molecule has 2 aromatic heterocycles. The largest absolute Gasteiger partial charge is 0.373 e. The summed E-state index contributed by atoms with van der Waals surface area (Å²) in [7, 11) is 0. The van der Waals surface area contributed by atoms with Crippen molar-refractivity contribution in [3.8, 4) is 0 Å². The summed E-state index contributed by atoms with van der Waals surface area (Å²) in [5.41, 5.74) is 0.653. The van der Waals surface area contributed by atoms with Crippen molar-refractivity contribution in [2.24, 2.45) is 0 Å². The van der Waals surface area contributed by atoms with Crippen LogP contribution in [0.1, 0.15) is 28.9 Å². The summed E-state index contributed by atoms with van der Waals surface area (Å²) >= 11 is 0. The Labute approximate surface area is 138 Å². The Morgan fingerprint density at radius 2 is 2.08 bits per heavy atom. The third-order valence-corrected chi connectivity index (χ3v) is 3.95. The number of likely N-dealkylation sites (tertiary alicyclic amines) is 1. The first-order chi connectivity index (χ1) is 11.6. The van der Waals surface area contributed by atoms with E-state index in [-0.39, 0.29) is 11.8 Å². The number of ether oxygens (including phenoxy) is 1. The second-order valence-corrected chi connectivity index (χ2v) is 5.65. The van der Waals surface area contributed by atoms with Crippen LogP contribution in [0, 0.1) is 11.6 Å². The summed E-state index contributed by atoms with van der Waals surface area (Å²) in [5, 5.41) is 0. The summed E-state index contributed by atoms with van der Waals surface area (Å²) < 4.78 is 32.4. The number of nitrogens with zero attached hydrogens (tertiary/aromatic N) is 3. The van der Waals surface area contributed by atoms with Gasteiger partial charge in [0.15, 0.2) is 11.5 Å². The van der Waals surface area contributed by atoms with Gasteiger partial charge in [0.1, 0.15) is 5.82 Å². The van der Waals surface area contributed by atoms with Crippen molar-refractivity contribution in [3.63, 3.8) is 0 Å². The van der Waals surface area contributed by atoms with Crippen molar-refractivity contribution in [3.05, 3.63) is 59.7 Å². The standard InChI is InChI=1S/C17H17F2N3O2/c18-13-8-15(19)16(21-10-13)17(23)22-6-3-14(4-7-22)24-11-12-2-1-5-20-9-12/h1-2,5,8-10,14H,3-4,6-7,11H2. The number of hydrogen-bond acceptors (Lipinski definition) is 4. The van der Waals surface area contributed by atoms with Crippen LogP contribution in [0.15, 0.2) is 36.8 Å². The molecule has 0 spiro atoms. The van der Waals surface area contributed by atoms with Gasteiger partial charge >= 0.3 is 0 Å². The van der Waals surface area contributed by atoms with Gasteiger partial charge < -0.3 is 9.64 Å². The zero-order valence-electron chi connectivity index (χ0n) is 13.0. The van der Waals surface area contributed by atoms with Crippen LogP contribution in [-0.4, -0.2) is 40.0 Å². The minimum Gasteiger partial charge on any atom is -0.373 e. The van der Waals surface area contributed by atoms with Gasteiger partial charge in [-0.25, -0.2) is 13.8 Å². The molecule has 2 aromatic rings. The molecule has 1 fully saturated rings. The Hall–Kier alpha value is -2.41. The highest BCUT2D eigenvalue weighted by Gasteiger charge is 2.26. The van der Waals surface area contributed by atoms with Gasteiger partial charge in [0.2, 0.25) is 0 Å². The highest BCUT2D eigenvalue weighted by Crippen LogP contribution is 2.18. The fraction of sp³-hybridized carbons (Fsp3) is 0.353. The maximum atomic E-state index is 13.7. The first kappa shape index (κ1) is 16.4. The molecule has 1 amide bonds. The highest BCUT2D eigenvalue weighted by molar-refractivity contribution is 5.92. The molecule has 0 radical (unpaired) electrons. The molecule has 3 heterocycles. The van der Waals surface area contributed by atoms with Crippen molar-refractivity contribution >= 4 is 5.91 Å². The normalized spacial score (nSPS) is 15.5. The van der Waals surface area contributed by atoms with Crippen LogP contribution in [0.3, 0.4) is 0 Å². The average Bonchev–Trinajstić information content (AvgIpc) is 2.61. The van der Waals surface area contributed by atoms with Gasteiger partial charge in [0, 0.05) is 31.5 Å². The van der Waals surface area contributed by atoms with Crippen LogP contribution in [0.2, 0.25) is 0 Å². The highest BCUT2D eigenvalue weighted by atomic mass is 19.1. The molecule has 0 unspecified atom stereocenters. The summed E-state index contributed by atoms with van der Waals surface area (Å²) in [4.78, 5) is 21.4. The first-order valence-electron chi connectivity index (χ1n) is 7.74. The number of carbonyl (C=O) groups is 1. The van der Waals surface area contributed by atoms with Crippen molar-refractivity contribution in [1.82, 2.24) is 14.9 Å². The summed E-state index contributed by atoms with van der Waals surface area (Å²) in [5.74, 6) is -2.25. The predicted octanol–water partition coefficient (Wildman–Crippen LogP) is 2.58. The van der Waals surface area contributed by atoms with Crippen LogP contribution >= 0.6 is 0 Å². The minimum atomic E-state index is -0.935. The minimum absolute atomic E-state index is 0.0419. The van der Waals surface area contributed by atoms with Gasteiger partial charge in [-0.05, 0) is 24.5 Å². The molecule has 24 heavy (non-hydrogen) atoms. The van der Waals surface area contributed by atoms with Crippen LogP contribution < -0.4 is 0 Å². The molecule has 1 aliphatic rings. The molecule has 0 aromatic carbocycles. The van der Waals surface area contributed by atoms with Crippen molar-refractivity contribution in [1.29, 1.82) is 0 Å². The van der Waals surface area contributed by atoms with E-state index in [1.54, 1.807) is 12.4 Å². The predicted molar refractivity (Wildman–Crippen MR) is 82.1 cm³/mol. The second kappa shape index (κ2) is 7.44. The SMILES string of the molecule is O=C(c1ncc(F)cc1F)N1CCC(OCc2cccnc2)CC1. The third kappa shape index (κ3) is 3.91. The molecule has 0 bridgehead atoms. The molecule has 0 saturated carbocycles. The Morgan fingerprint density at radius 3 is 2.75 bits per heavy atom. The molecule has 3 rings (SSSR count). The molecular formula is C17H17F2N3O2. The topological polar surface area (TPSA) is 55.3 Å². The van der Waals surface area contributed by atoms with Gasteiger partial charge in [0.05, 0.1) is 18.9 Å². The lowest BCUT2D eigenvalue weighted by atomic mass is 10.1. The zero-order chi connectivity index (χ0) is 16.9. The van der Waals surface area contributed by atoms with Crippen molar-refractivity contribution in [2.45, 2.75) is 25.6 Å². The molecule has 7 heteroatoms. The van der Waals surface area contributed by atoms with E-state index in [0.717, 1.165) is 11.8 Å². The summed E-state index contributed by atoms with van der Waals surface area (Å²) in [6.45, 7) is 1.38. The Kier molecular flexibility index (Phi) is 5.10. The van der Waals surface area contributed by atoms with E-state index >= 15 is 0 Å². The molecular weight excluding hydrogens is 316 g/mol. The van der Waals surface area contributed by atoms with Gasteiger partial charge in [-0.3, -0.25) is 9.78 Å². The van der Waals surface area contributed by atoms with Crippen molar-refractivity contribution in [2.75, 3.05) is 13.1 Å². The van der Waals surface area contributed by atoms with Crippen LogP contribution in [-0.2, 0) is 11.3 Å². The lowest BCUT2D eigenvalue weighted by Crippen LogP contribution is -2.41. The number of pyridine rings is 2. The van der Waals surface area contributed by atoms with Gasteiger partial charge in [0.25, 0.3) is 5.91 Å². The van der Waals surface area contributed by atoms with Gasteiger partial charge in [-0.2, -0.15) is 0 Å². The number of carbonyl (C=O) groups excluding carboxylic acids is 1. The number of aromatic nitrogens is 2. The Balaban J connectivity index is 1.52. The maximum Gasteiger partial charge on any atom is 0.275 e. The Bertz CT molecular complexity index is 704. The summed E-state index contributed by atoms with van der Waals surface area (Å²) in [6.07, 6.45) is 5.67. The van der Waals surface area contributed by atoms with Gasteiger partial charge in [-0.1, -0.05) is 6.07 Å². The quantitative estimate of drug-likeness (QED) is 0.863. The van der Waals surface area contributed by atoms with Crippen molar-refractivity contribution < 1.29 is 18.3 Å². The Morgan fingerprint density at radius 1 is 1.29 bits per heavy atom. The van der Waals surface area contributed by atoms with Gasteiger partial charge in [-0.15, -0.1) is 0 Å². The third-order valence-electron chi connectivity index (χ3n) is 3.95. The lowest BCUT2D eigenvalue weighted by molar-refractivity contribution is -0.000700. The maximum absolute atomic E-state index is 13.7. The fourth-order valence-corrected chi connectivity index (χ4v) is 2.64. The van der Waals surface area contributed by atoms with E-state index in [2.05, 4.69) is 9.97 Å². The molecule has 0 atom stereocenters. The van der Waals surface area contributed by atoms with E-state index in [0.29, 0.717) is 38.6 Å². The number of amides is 1. The van der Waals surface area contributed by atoms with E-state index < -0.39 is 17.5 Å². The fourth-order valence-electron chi connectivity index (χ4n) is 2.64. The van der Waals surface area contributed by atoms with E-state index in [1.807, 2.05) is 12.1 Å². The molecule has 126 valence electrons. The van der Waals surface area contributed by atoms with Crippen LogP contribution in [0.4, 0.5) is 8.78 Å². The molecule has 0 N–H and O–H groups in total. The van der Waals surface area contributed by atoms with E-state index in [4.69, 9.17) is 4.74 Å². The zero-order valence-corrected chi connectivity index (χ0v) is 13.0. The number of halogens is 2. The van der Waals surface area contributed by atoms with Crippen LogP contribution in [0.25, 0.3) is 0 Å². The lowest BCUT2D eigenvalue weighted by Gasteiger charge is -2.31. The summed E-state index contributed by atoms with van der Waals surface area (Å²) in [6, 6.07) is 4.46. The monoisotopic (exact) mass is 333 g/mol. The first-order valence-corrected chi connectivity index (χ1v) is 7.74. The van der Waals surface area contributed by atoms with Crippen LogP contribution in [0.5, 0.6) is 0 Å². The smallest absolute Gasteiger partial charge is 0.275 e. The molecule has 0 aliphatic carbocycles. The molecule has 1 saturated heterocycles. The molecule has 1 aliphatic heterocycles.